The molecular weight excluding hydrogens is 326 g/mol. The third-order valence-corrected chi connectivity index (χ3v) is 4.42. The van der Waals surface area contributed by atoms with E-state index in [1.807, 2.05) is 0 Å². The minimum atomic E-state index is 0.208. The van der Waals surface area contributed by atoms with Crippen LogP contribution in [0.2, 0.25) is 0 Å². The van der Waals surface area contributed by atoms with E-state index in [9.17, 15) is 0 Å². The van der Waals surface area contributed by atoms with Crippen LogP contribution >= 0.6 is 15.9 Å². The molecule has 110 valence electrons. The fraction of sp³-hybridized carbons (Fsp3) is 0.333. The van der Waals surface area contributed by atoms with Gasteiger partial charge in [0.05, 0.1) is 12.7 Å². The van der Waals surface area contributed by atoms with Gasteiger partial charge in [-0.2, -0.15) is 0 Å². The lowest BCUT2D eigenvalue weighted by molar-refractivity contribution is 0.0277. The maximum absolute atomic E-state index is 5.78. The average molecular weight is 346 g/mol. The Morgan fingerprint density at radius 2 is 1.57 bits per heavy atom. The number of aryl methyl sites for hydroxylation is 2. The number of halogens is 1. The fourth-order valence-electron chi connectivity index (χ4n) is 2.62. The van der Waals surface area contributed by atoms with E-state index in [1.165, 1.54) is 16.7 Å². The highest BCUT2D eigenvalue weighted by atomic mass is 79.9. The van der Waals surface area contributed by atoms with E-state index in [4.69, 9.17) is 4.74 Å². The first-order chi connectivity index (χ1) is 10.3. The van der Waals surface area contributed by atoms with Gasteiger partial charge in [-0.15, -0.1) is 0 Å². The summed E-state index contributed by atoms with van der Waals surface area (Å²) in [6.07, 6.45) is 2.36. The molecule has 0 spiro atoms. The molecule has 3 rings (SSSR count). The minimum absolute atomic E-state index is 0.208. The lowest BCUT2D eigenvalue weighted by Gasteiger charge is -2.24. The van der Waals surface area contributed by atoms with Crippen molar-refractivity contribution < 1.29 is 4.74 Å². The molecule has 0 amide bonds. The predicted molar refractivity (Wildman–Crippen MR) is 89.6 cm³/mol. The van der Waals surface area contributed by atoms with Crippen LogP contribution in [0.1, 0.15) is 22.8 Å². The standard InChI is InChI=1S/C18H20BrNO/c19-17-9-5-15(6-10-17)2-1-14-3-7-16(8-4-14)18-13-20-11-12-21-18/h3-10,18,20H,1-2,11-13H2/t18-/m1/s1. The molecule has 21 heavy (non-hydrogen) atoms. The average Bonchev–Trinajstić information content (AvgIpc) is 2.56. The molecule has 2 aromatic rings. The molecule has 2 aromatic carbocycles. The topological polar surface area (TPSA) is 21.3 Å². The number of hydrogen-bond acceptors (Lipinski definition) is 2. The Hall–Kier alpha value is -1.16. The summed E-state index contributed by atoms with van der Waals surface area (Å²) in [5, 5.41) is 3.37. The van der Waals surface area contributed by atoms with Gasteiger partial charge in [-0.25, -0.2) is 0 Å². The number of morpholine rings is 1. The summed E-state index contributed by atoms with van der Waals surface area (Å²) in [5.41, 5.74) is 4.03. The summed E-state index contributed by atoms with van der Waals surface area (Å²) in [5.74, 6) is 0. The Bertz CT molecular complexity index is 559. The fourth-order valence-corrected chi connectivity index (χ4v) is 2.88. The van der Waals surface area contributed by atoms with Crippen molar-refractivity contribution in [3.05, 3.63) is 69.7 Å². The van der Waals surface area contributed by atoms with Gasteiger partial charge in [-0.1, -0.05) is 52.3 Å². The second-order valence-corrected chi connectivity index (χ2v) is 6.35. The van der Waals surface area contributed by atoms with Crippen molar-refractivity contribution >= 4 is 15.9 Å². The minimum Gasteiger partial charge on any atom is -0.371 e. The third kappa shape index (κ3) is 4.16. The number of hydrogen-bond donors (Lipinski definition) is 1. The van der Waals surface area contributed by atoms with Gasteiger partial charge in [0, 0.05) is 17.6 Å². The molecule has 1 aliphatic rings. The zero-order valence-electron chi connectivity index (χ0n) is 12.0. The largest absolute Gasteiger partial charge is 0.371 e. The summed E-state index contributed by atoms with van der Waals surface area (Å²) < 4.78 is 6.91. The van der Waals surface area contributed by atoms with Crippen molar-refractivity contribution in [3.8, 4) is 0 Å². The zero-order valence-corrected chi connectivity index (χ0v) is 13.6. The van der Waals surface area contributed by atoms with E-state index in [0.717, 1.165) is 37.0 Å². The number of benzene rings is 2. The smallest absolute Gasteiger partial charge is 0.0949 e. The van der Waals surface area contributed by atoms with Gasteiger partial charge in [-0.3, -0.25) is 0 Å². The maximum Gasteiger partial charge on any atom is 0.0949 e. The molecule has 1 aliphatic heterocycles. The molecule has 1 saturated heterocycles. The van der Waals surface area contributed by atoms with Crippen LogP contribution in [0.4, 0.5) is 0 Å². The van der Waals surface area contributed by atoms with Crippen LogP contribution in [0.25, 0.3) is 0 Å². The molecule has 0 aromatic heterocycles. The molecule has 3 heteroatoms. The zero-order chi connectivity index (χ0) is 14.5. The normalized spacial score (nSPS) is 18.6. The Balaban J connectivity index is 1.57. The number of rotatable bonds is 4. The molecule has 1 atom stereocenters. The number of ether oxygens (including phenoxy) is 1. The van der Waals surface area contributed by atoms with Crippen LogP contribution in [0.5, 0.6) is 0 Å². The highest BCUT2D eigenvalue weighted by molar-refractivity contribution is 9.10. The van der Waals surface area contributed by atoms with E-state index in [1.54, 1.807) is 0 Å². The summed E-state index contributed by atoms with van der Waals surface area (Å²) >= 11 is 3.47. The van der Waals surface area contributed by atoms with Crippen LogP contribution in [0.15, 0.2) is 53.0 Å². The summed E-state index contributed by atoms with van der Waals surface area (Å²) in [6, 6.07) is 17.4. The Morgan fingerprint density at radius 3 is 2.14 bits per heavy atom. The van der Waals surface area contributed by atoms with Crippen molar-refractivity contribution in [2.24, 2.45) is 0 Å². The first kappa shape index (κ1) is 14.8. The van der Waals surface area contributed by atoms with Gasteiger partial charge in [-0.05, 0) is 41.7 Å². The molecule has 0 aliphatic carbocycles. The lowest BCUT2D eigenvalue weighted by Crippen LogP contribution is -2.33. The van der Waals surface area contributed by atoms with Crippen LogP contribution in [-0.2, 0) is 17.6 Å². The van der Waals surface area contributed by atoms with Gasteiger partial charge in [0.2, 0.25) is 0 Å². The van der Waals surface area contributed by atoms with Crippen molar-refractivity contribution in [1.82, 2.24) is 5.32 Å². The Morgan fingerprint density at radius 1 is 0.952 bits per heavy atom. The molecule has 0 saturated carbocycles. The van der Waals surface area contributed by atoms with E-state index < -0.39 is 0 Å². The molecule has 0 radical (unpaired) electrons. The molecule has 1 fully saturated rings. The molecule has 2 nitrogen and oxygen atoms in total. The third-order valence-electron chi connectivity index (χ3n) is 3.89. The monoisotopic (exact) mass is 345 g/mol. The highest BCUT2D eigenvalue weighted by Gasteiger charge is 2.14. The van der Waals surface area contributed by atoms with Crippen molar-refractivity contribution in [2.45, 2.75) is 18.9 Å². The molecule has 0 bridgehead atoms. The molecule has 1 N–H and O–H groups in total. The maximum atomic E-state index is 5.78. The highest BCUT2D eigenvalue weighted by Crippen LogP contribution is 2.20. The van der Waals surface area contributed by atoms with E-state index in [-0.39, 0.29) is 6.10 Å². The lowest BCUT2D eigenvalue weighted by atomic mass is 10.0. The quantitative estimate of drug-likeness (QED) is 0.907. The van der Waals surface area contributed by atoms with Crippen LogP contribution < -0.4 is 5.32 Å². The van der Waals surface area contributed by atoms with Gasteiger partial charge in [0.25, 0.3) is 0 Å². The van der Waals surface area contributed by atoms with Crippen LogP contribution in [0, 0.1) is 0 Å². The van der Waals surface area contributed by atoms with Gasteiger partial charge < -0.3 is 10.1 Å². The van der Waals surface area contributed by atoms with Crippen molar-refractivity contribution in [3.63, 3.8) is 0 Å². The SMILES string of the molecule is Brc1ccc(CCc2ccc([C@H]3CNCCO3)cc2)cc1. The van der Waals surface area contributed by atoms with Gasteiger partial charge >= 0.3 is 0 Å². The second-order valence-electron chi connectivity index (χ2n) is 5.43. The molecular formula is C18H20BrNO. The van der Waals surface area contributed by atoms with Gasteiger partial charge in [0.1, 0.15) is 0 Å². The van der Waals surface area contributed by atoms with Crippen molar-refractivity contribution in [2.75, 3.05) is 19.7 Å². The first-order valence-electron chi connectivity index (χ1n) is 7.47. The van der Waals surface area contributed by atoms with E-state index in [0.29, 0.717) is 0 Å². The summed E-state index contributed by atoms with van der Waals surface area (Å²) in [6.45, 7) is 2.68. The first-order valence-corrected chi connectivity index (χ1v) is 8.26. The van der Waals surface area contributed by atoms with Crippen LogP contribution in [-0.4, -0.2) is 19.7 Å². The Kier molecular flexibility index (Phi) is 5.07. The summed E-state index contributed by atoms with van der Waals surface area (Å²) in [7, 11) is 0. The molecule has 0 unspecified atom stereocenters. The van der Waals surface area contributed by atoms with Crippen LogP contribution in [0.3, 0.4) is 0 Å². The Labute approximate surface area is 134 Å². The second kappa shape index (κ2) is 7.21. The predicted octanol–water partition coefficient (Wildman–Crippen LogP) is 3.90. The van der Waals surface area contributed by atoms with Crippen molar-refractivity contribution in [1.29, 1.82) is 0 Å². The number of nitrogens with one attached hydrogen (secondary N) is 1. The van der Waals surface area contributed by atoms with E-state index in [2.05, 4.69) is 69.8 Å². The summed E-state index contributed by atoms with van der Waals surface area (Å²) in [4.78, 5) is 0. The van der Waals surface area contributed by atoms with Gasteiger partial charge in [0.15, 0.2) is 0 Å². The van der Waals surface area contributed by atoms with E-state index >= 15 is 0 Å². The molecule has 1 heterocycles.